The van der Waals surface area contributed by atoms with E-state index in [0.717, 1.165) is 62.0 Å². The minimum Gasteiger partial charge on any atom is -0.378 e. The van der Waals surface area contributed by atoms with E-state index in [1.807, 2.05) is 51.1 Å². The maximum absolute atomic E-state index is 12.2. The maximum Gasteiger partial charge on any atom is 0.229 e. The highest BCUT2D eigenvalue weighted by atomic mass is 16.5. The number of morpholine rings is 1. The number of anilines is 4. The summed E-state index contributed by atoms with van der Waals surface area (Å²) in [6.45, 7) is 9.14. The summed E-state index contributed by atoms with van der Waals surface area (Å²) < 4.78 is 5.41. The highest BCUT2D eigenvalue weighted by molar-refractivity contribution is 5.92. The first kappa shape index (κ1) is 20.1. The van der Waals surface area contributed by atoms with Gasteiger partial charge in [0.15, 0.2) is 0 Å². The van der Waals surface area contributed by atoms with Crippen molar-refractivity contribution in [2.75, 3.05) is 41.8 Å². The number of aromatic nitrogens is 2. The Balaban J connectivity index is 1.67. The van der Waals surface area contributed by atoms with Crippen molar-refractivity contribution >= 4 is 29.0 Å². The number of nitrogens with one attached hydrogen (secondary N) is 2. The number of hydrogen-bond donors (Lipinski definition) is 2. The summed E-state index contributed by atoms with van der Waals surface area (Å²) in [6, 6.07) is 9.61. The third kappa shape index (κ3) is 5.19. The smallest absolute Gasteiger partial charge is 0.229 e. The lowest BCUT2D eigenvalue weighted by Crippen LogP contribution is -2.36. The molecular formula is C21H29N5O2. The SMILES string of the molecule is CCC(CC)C(=O)Nc1ccc(Nc2nc(C)cc(N3CCOCC3)n2)cc1. The molecule has 2 N–H and O–H groups in total. The molecule has 0 saturated carbocycles. The Kier molecular flexibility index (Phi) is 6.81. The molecule has 0 aliphatic carbocycles. The summed E-state index contributed by atoms with van der Waals surface area (Å²) in [5.74, 6) is 1.60. The molecule has 1 fully saturated rings. The summed E-state index contributed by atoms with van der Waals surface area (Å²) in [4.78, 5) is 23.6. The van der Waals surface area contributed by atoms with Gasteiger partial charge in [0, 0.05) is 42.1 Å². The first-order valence-corrected chi connectivity index (χ1v) is 9.95. The second-order valence-electron chi connectivity index (χ2n) is 7.00. The van der Waals surface area contributed by atoms with Crippen LogP contribution in [0.1, 0.15) is 32.4 Å². The lowest BCUT2D eigenvalue weighted by Gasteiger charge is -2.28. The topological polar surface area (TPSA) is 79.4 Å². The number of carbonyl (C=O) groups excluding carboxylic acids is 1. The number of aryl methyl sites for hydroxylation is 1. The second kappa shape index (κ2) is 9.50. The van der Waals surface area contributed by atoms with Gasteiger partial charge in [-0.25, -0.2) is 4.98 Å². The lowest BCUT2D eigenvalue weighted by molar-refractivity contribution is -0.120. The molecule has 2 aromatic rings. The summed E-state index contributed by atoms with van der Waals surface area (Å²) in [6.07, 6.45) is 1.69. The average Bonchev–Trinajstić information content (AvgIpc) is 2.71. The minimum atomic E-state index is 0.0529. The molecule has 0 bridgehead atoms. The molecule has 3 rings (SSSR count). The van der Waals surface area contributed by atoms with Crippen molar-refractivity contribution < 1.29 is 9.53 Å². The van der Waals surface area contributed by atoms with Crippen molar-refractivity contribution in [3.8, 4) is 0 Å². The van der Waals surface area contributed by atoms with Gasteiger partial charge in [0.2, 0.25) is 11.9 Å². The molecule has 7 heteroatoms. The third-order valence-electron chi connectivity index (χ3n) is 4.94. The Bertz CT molecular complexity index is 784. The minimum absolute atomic E-state index is 0.0529. The molecule has 0 atom stereocenters. The van der Waals surface area contributed by atoms with Crippen molar-refractivity contribution in [1.29, 1.82) is 0 Å². The number of ether oxygens (including phenoxy) is 1. The van der Waals surface area contributed by atoms with E-state index in [-0.39, 0.29) is 11.8 Å². The van der Waals surface area contributed by atoms with Crippen LogP contribution in [-0.2, 0) is 9.53 Å². The Labute approximate surface area is 166 Å². The van der Waals surface area contributed by atoms with Crippen LogP contribution in [0, 0.1) is 12.8 Å². The zero-order chi connectivity index (χ0) is 19.9. The van der Waals surface area contributed by atoms with Crippen molar-refractivity contribution in [3.63, 3.8) is 0 Å². The molecule has 1 aromatic heterocycles. The van der Waals surface area contributed by atoms with Crippen LogP contribution in [0.25, 0.3) is 0 Å². The van der Waals surface area contributed by atoms with Gasteiger partial charge in [0.05, 0.1) is 13.2 Å². The molecule has 28 heavy (non-hydrogen) atoms. The fraction of sp³-hybridized carbons (Fsp3) is 0.476. The predicted octanol–water partition coefficient (Wildman–Crippen LogP) is 3.74. The quantitative estimate of drug-likeness (QED) is 0.758. The van der Waals surface area contributed by atoms with E-state index in [9.17, 15) is 4.79 Å². The van der Waals surface area contributed by atoms with Gasteiger partial charge in [-0.15, -0.1) is 0 Å². The second-order valence-corrected chi connectivity index (χ2v) is 7.00. The van der Waals surface area contributed by atoms with Gasteiger partial charge < -0.3 is 20.3 Å². The van der Waals surface area contributed by atoms with E-state index in [2.05, 4.69) is 25.5 Å². The van der Waals surface area contributed by atoms with Crippen LogP contribution in [0.2, 0.25) is 0 Å². The maximum atomic E-state index is 12.2. The largest absolute Gasteiger partial charge is 0.378 e. The standard InChI is InChI=1S/C21H29N5O2/c1-4-16(5-2)20(27)23-17-6-8-18(9-7-17)24-21-22-15(3)14-19(25-21)26-10-12-28-13-11-26/h6-9,14,16H,4-5,10-13H2,1-3H3,(H,23,27)(H,22,24,25). The van der Waals surface area contributed by atoms with Gasteiger partial charge in [-0.1, -0.05) is 13.8 Å². The van der Waals surface area contributed by atoms with E-state index in [1.165, 1.54) is 0 Å². The molecule has 0 spiro atoms. The number of rotatable bonds is 7. The summed E-state index contributed by atoms with van der Waals surface area (Å²) in [5.41, 5.74) is 2.58. The van der Waals surface area contributed by atoms with E-state index >= 15 is 0 Å². The molecule has 0 radical (unpaired) electrons. The number of amides is 1. The normalized spacial score (nSPS) is 14.2. The summed E-state index contributed by atoms with van der Waals surface area (Å²) >= 11 is 0. The first-order chi connectivity index (χ1) is 13.6. The van der Waals surface area contributed by atoms with E-state index < -0.39 is 0 Å². The van der Waals surface area contributed by atoms with Gasteiger partial charge in [0.25, 0.3) is 0 Å². The highest BCUT2D eigenvalue weighted by Gasteiger charge is 2.15. The number of nitrogens with zero attached hydrogens (tertiary/aromatic N) is 3. The number of hydrogen-bond acceptors (Lipinski definition) is 6. The zero-order valence-electron chi connectivity index (χ0n) is 16.9. The van der Waals surface area contributed by atoms with E-state index in [1.54, 1.807) is 0 Å². The highest BCUT2D eigenvalue weighted by Crippen LogP contribution is 2.21. The van der Waals surface area contributed by atoms with Crippen LogP contribution in [0.5, 0.6) is 0 Å². The van der Waals surface area contributed by atoms with Gasteiger partial charge in [-0.05, 0) is 44.0 Å². The molecular weight excluding hydrogens is 354 g/mol. The molecule has 0 unspecified atom stereocenters. The molecule has 7 nitrogen and oxygen atoms in total. The Morgan fingerprint density at radius 2 is 1.75 bits per heavy atom. The molecule has 1 aliphatic heterocycles. The first-order valence-electron chi connectivity index (χ1n) is 9.95. The fourth-order valence-electron chi connectivity index (χ4n) is 3.23. The summed E-state index contributed by atoms with van der Waals surface area (Å²) in [5, 5.41) is 6.24. The Hall–Kier alpha value is -2.67. The fourth-order valence-corrected chi connectivity index (χ4v) is 3.23. The Morgan fingerprint density at radius 1 is 1.11 bits per heavy atom. The van der Waals surface area contributed by atoms with Crippen LogP contribution in [0.4, 0.5) is 23.1 Å². The van der Waals surface area contributed by atoms with Crippen LogP contribution in [0.15, 0.2) is 30.3 Å². The molecule has 1 amide bonds. The lowest BCUT2D eigenvalue weighted by atomic mass is 10.0. The average molecular weight is 383 g/mol. The van der Waals surface area contributed by atoms with Gasteiger partial charge in [0.1, 0.15) is 5.82 Å². The molecule has 1 saturated heterocycles. The number of benzene rings is 1. The van der Waals surface area contributed by atoms with Gasteiger partial charge in [-0.2, -0.15) is 4.98 Å². The third-order valence-corrected chi connectivity index (χ3v) is 4.94. The van der Waals surface area contributed by atoms with Crippen LogP contribution in [-0.4, -0.2) is 42.2 Å². The molecule has 1 aromatic carbocycles. The Morgan fingerprint density at radius 3 is 2.39 bits per heavy atom. The van der Waals surface area contributed by atoms with Crippen molar-refractivity contribution in [1.82, 2.24) is 9.97 Å². The van der Waals surface area contributed by atoms with E-state index in [4.69, 9.17) is 4.74 Å². The molecule has 2 heterocycles. The monoisotopic (exact) mass is 383 g/mol. The van der Waals surface area contributed by atoms with Crippen molar-refractivity contribution in [3.05, 3.63) is 36.0 Å². The van der Waals surface area contributed by atoms with Crippen molar-refractivity contribution in [2.45, 2.75) is 33.6 Å². The number of carbonyl (C=O) groups is 1. The summed E-state index contributed by atoms with van der Waals surface area (Å²) in [7, 11) is 0. The van der Waals surface area contributed by atoms with Crippen molar-refractivity contribution in [2.24, 2.45) is 5.92 Å². The van der Waals surface area contributed by atoms with Crippen LogP contribution >= 0.6 is 0 Å². The van der Waals surface area contributed by atoms with Crippen LogP contribution in [0.3, 0.4) is 0 Å². The van der Waals surface area contributed by atoms with E-state index in [0.29, 0.717) is 5.95 Å². The molecule has 1 aliphatic rings. The van der Waals surface area contributed by atoms with Crippen LogP contribution < -0.4 is 15.5 Å². The predicted molar refractivity (Wildman–Crippen MR) is 112 cm³/mol. The molecule has 150 valence electrons. The van der Waals surface area contributed by atoms with Gasteiger partial charge in [-0.3, -0.25) is 4.79 Å². The van der Waals surface area contributed by atoms with Gasteiger partial charge >= 0.3 is 0 Å². The zero-order valence-corrected chi connectivity index (χ0v) is 16.9.